The standard InChI is InChI=1S/C18H26N4OS/c19-16-15-13-7-3-1-4-8-14(13)24-17(15)22(18(23)20-16)12-11-21-9-5-2-6-10-21/h1-12H2,(H2,19,20,23). The zero-order valence-electron chi connectivity index (χ0n) is 14.2. The van der Waals surface area contributed by atoms with E-state index < -0.39 is 0 Å². The molecular formula is C18H26N4OS. The molecule has 1 fully saturated rings. The Hall–Kier alpha value is -1.40. The van der Waals surface area contributed by atoms with Crippen molar-refractivity contribution in [3.8, 4) is 0 Å². The molecule has 1 aliphatic heterocycles. The molecule has 24 heavy (non-hydrogen) atoms. The minimum Gasteiger partial charge on any atom is -0.383 e. The van der Waals surface area contributed by atoms with Crippen LogP contribution in [-0.4, -0.2) is 34.1 Å². The molecule has 0 unspecified atom stereocenters. The van der Waals surface area contributed by atoms with Gasteiger partial charge in [0.05, 0.1) is 5.39 Å². The van der Waals surface area contributed by atoms with Crippen LogP contribution in [0.3, 0.4) is 0 Å². The SMILES string of the molecule is Nc1nc(=O)n(CCN2CCCCC2)c2sc3c(c12)CCCCC3. The molecule has 1 saturated heterocycles. The third-order valence-electron chi connectivity index (χ3n) is 5.44. The zero-order valence-corrected chi connectivity index (χ0v) is 15.0. The first-order chi connectivity index (χ1) is 11.7. The van der Waals surface area contributed by atoms with E-state index in [1.807, 2.05) is 4.57 Å². The number of nitrogens with zero attached hydrogens (tertiary/aromatic N) is 3. The van der Waals surface area contributed by atoms with E-state index in [1.54, 1.807) is 11.3 Å². The van der Waals surface area contributed by atoms with Crippen LogP contribution in [0.25, 0.3) is 10.2 Å². The van der Waals surface area contributed by atoms with Gasteiger partial charge in [-0.05, 0) is 57.2 Å². The van der Waals surface area contributed by atoms with Crippen molar-refractivity contribution in [2.45, 2.75) is 57.9 Å². The van der Waals surface area contributed by atoms with Crippen molar-refractivity contribution < 1.29 is 0 Å². The van der Waals surface area contributed by atoms with Crippen LogP contribution in [0.1, 0.15) is 49.0 Å². The van der Waals surface area contributed by atoms with E-state index in [2.05, 4.69) is 9.88 Å². The quantitative estimate of drug-likeness (QED) is 0.868. The summed E-state index contributed by atoms with van der Waals surface area (Å²) in [6, 6.07) is 0. The molecule has 0 bridgehead atoms. The van der Waals surface area contributed by atoms with Gasteiger partial charge in [-0.15, -0.1) is 11.3 Å². The van der Waals surface area contributed by atoms with Crippen molar-refractivity contribution in [1.29, 1.82) is 0 Å². The Morgan fingerprint density at radius 3 is 2.58 bits per heavy atom. The third-order valence-corrected chi connectivity index (χ3v) is 6.75. The summed E-state index contributed by atoms with van der Waals surface area (Å²) in [6.07, 6.45) is 9.82. The molecule has 2 aromatic rings. The molecule has 6 heteroatoms. The molecule has 0 amide bonds. The van der Waals surface area contributed by atoms with Crippen molar-refractivity contribution in [3.05, 3.63) is 20.9 Å². The van der Waals surface area contributed by atoms with E-state index in [0.29, 0.717) is 5.82 Å². The number of likely N-dealkylation sites (tertiary alicyclic amines) is 1. The third kappa shape index (κ3) is 2.97. The van der Waals surface area contributed by atoms with Crippen LogP contribution in [-0.2, 0) is 19.4 Å². The van der Waals surface area contributed by atoms with Crippen molar-refractivity contribution in [1.82, 2.24) is 14.5 Å². The van der Waals surface area contributed by atoms with Crippen LogP contribution in [0, 0.1) is 0 Å². The molecule has 2 aliphatic rings. The molecule has 5 nitrogen and oxygen atoms in total. The summed E-state index contributed by atoms with van der Waals surface area (Å²) in [6.45, 7) is 3.97. The van der Waals surface area contributed by atoms with E-state index in [9.17, 15) is 4.79 Å². The lowest BCUT2D eigenvalue weighted by Crippen LogP contribution is -2.35. The number of aryl methyl sites for hydroxylation is 2. The van der Waals surface area contributed by atoms with Crippen LogP contribution in [0.15, 0.2) is 4.79 Å². The zero-order chi connectivity index (χ0) is 16.5. The van der Waals surface area contributed by atoms with Crippen LogP contribution >= 0.6 is 11.3 Å². The smallest absolute Gasteiger partial charge is 0.350 e. The van der Waals surface area contributed by atoms with E-state index in [-0.39, 0.29) is 5.69 Å². The fraction of sp³-hybridized carbons (Fsp3) is 0.667. The predicted molar refractivity (Wildman–Crippen MR) is 99.8 cm³/mol. The summed E-state index contributed by atoms with van der Waals surface area (Å²) >= 11 is 1.78. The molecule has 0 saturated carbocycles. The van der Waals surface area contributed by atoms with Crippen molar-refractivity contribution in [2.24, 2.45) is 0 Å². The summed E-state index contributed by atoms with van der Waals surface area (Å²) in [5.41, 5.74) is 7.33. The van der Waals surface area contributed by atoms with Gasteiger partial charge in [0.2, 0.25) is 0 Å². The van der Waals surface area contributed by atoms with Gasteiger partial charge in [0.15, 0.2) is 0 Å². The minimum absolute atomic E-state index is 0.187. The number of rotatable bonds is 3. The van der Waals surface area contributed by atoms with Gasteiger partial charge < -0.3 is 10.6 Å². The van der Waals surface area contributed by atoms with Gasteiger partial charge in [0.25, 0.3) is 0 Å². The highest BCUT2D eigenvalue weighted by Crippen LogP contribution is 2.37. The number of anilines is 1. The average molecular weight is 347 g/mol. The maximum absolute atomic E-state index is 12.5. The monoisotopic (exact) mass is 346 g/mol. The topological polar surface area (TPSA) is 64.1 Å². The average Bonchev–Trinajstić information content (AvgIpc) is 2.79. The second-order valence-electron chi connectivity index (χ2n) is 7.08. The number of aromatic nitrogens is 2. The van der Waals surface area contributed by atoms with Crippen molar-refractivity contribution in [3.63, 3.8) is 0 Å². The largest absolute Gasteiger partial charge is 0.383 e. The molecule has 4 rings (SSSR count). The van der Waals surface area contributed by atoms with E-state index in [1.165, 1.54) is 49.0 Å². The molecule has 0 spiro atoms. The molecule has 130 valence electrons. The molecule has 0 radical (unpaired) electrons. The van der Waals surface area contributed by atoms with Gasteiger partial charge in [0.1, 0.15) is 10.6 Å². The highest BCUT2D eigenvalue weighted by molar-refractivity contribution is 7.19. The maximum atomic E-state index is 12.5. The van der Waals surface area contributed by atoms with Crippen molar-refractivity contribution >= 4 is 27.4 Å². The Morgan fingerprint density at radius 1 is 1.00 bits per heavy atom. The first kappa shape index (κ1) is 16.1. The predicted octanol–water partition coefficient (Wildman–Crippen LogP) is 2.80. The summed E-state index contributed by atoms with van der Waals surface area (Å²) in [4.78, 5) is 21.6. The van der Waals surface area contributed by atoms with E-state index in [0.717, 1.165) is 49.2 Å². The molecule has 0 atom stereocenters. The summed E-state index contributed by atoms with van der Waals surface area (Å²) < 4.78 is 1.87. The van der Waals surface area contributed by atoms with E-state index >= 15 is 0 Å². The number of hydrogen-bond donors (Lipinski definition) is 1. The highest BCUT2D eigenvalue weighted by atomic mass is 32.1. The van der Waals surface area contributed by atoms with Gasteiger partial charge in [-0.1, -0.05) is 12.8 Å². The summed E-state index contributed by atoms with van der Waals surface area (Å²) in [5, 5.41) is 1.06. The van der Waals surface area contributed by atoms with Crippen LogP contribution < -0.4 is 11.4 Å². The van der Waals surface area contributed by atoms with Gasteiger partial charge in [-0.3, -0.25) is 4.57 Å². The van der Waals surface area contributed by atoms with E-state index in [4.69, 9.17) is 5.73 Å². The van der Waals surface area contributed by atoms with Gasteiger partial charge in [-0.2, -0.15) is 4.98 Å². The Bertz CT molecular complexity index is 788. The van der Waals surface area contributed by atoms with Gasteiger partial charge >= 0.3 is 5.69 Å². The summed E-state index contributed by atoms with van der Waals surface area (Å²) in [5.74, 6) is 0.434. The number of nitrogens with two attached hydrogens (primary N) is 1. The lowest BCUT2D eigenvalue weighted by Gasteiger charge is -2.26. The van der Waals surface area contributed by atoms with Crippen LogP contribution in [0.5, 0.6) is 0 Å². The molecule has 2 aromatic heterocycles. The lowest BCUT2D eigenvalue weighted by atomic mass is 10.1. The number of thiophene rings is 1. The second-order valence-corrected chi connectivity index (χ2v) is 8.16. The Labute approximate surface area is 146 Å². The summed E-state index contributed by atoms with van der Waals surface area (Å²) in [7, 11) is 0. The van der Waals surface area contributed by atoms with Crippen LogP contribution in [0.2, 0.25) is 0 Å². The molecule has 1 aliphatic carbocycles. The fourth-order valence-corrected chi connectivity index (χ4v) is 5.53. The number of hydrogen-bond acceptors (Lipinski definition) is 5. The number of fused-ring (bicyclic) bond motifs is 3. The molecular weight excluding hydrogens is 320 g/mol. The molecule has 0 aromatic carbocycles. The molecule has 3 heterocycles. The first-order valence-corrected chi connectivity index (χ1v) is 10.1. The Balaban J connectivity index is 1.70. The highest BCUT2D eigenvalue weighted by Gasteiger charge is 2.21. The Morgan fingerprint density at radius 2 is 1.75 bits per heavy atom. The number of piperidine rings is 1. The van der Waals surface area contributed by atoms with Crippen molar-refractivity contribution in [2.75, 3.05) is 25.4 Å². The Kier molecular flexibility index (Phi) is 4.59. The van der Waals surface area contributed by atoms with Crippen LogP contribution in [0.4, 0.5) is 5.82 Å². The maximum Gasteiger partial charge on any atom is 0.350 e. The first-order valence-electron chi connectivity index (χ1n) is 9.27. The van der Waals surface area contributed by atoms with Gasteiger partial charge in [0, 0.05) is 18.0 Å². The normalized spacial score (nSPS) is 19.3. The molecule has 2 N–H and O–H groups in total. The fourth-order valence-electron chi connectivity index (χ4n) is 4.11. The minimum atomic E-state index is -0.187. The second kappa shape index (κ2) is 6.84. The number of nitrogen functional groups attached to an aromatic ring is 1. The van der Waals surface area contributed by atoms with Gasteiger partial charge in [-0.25, -0.2) is 4.79 Å². The lowest BCUT2D eigenvalue weighted by molar-refractivity contribution is 0.221.